The van der Waals surface area contributed by atoms with Crippen LogP contribution in [0.3, 0.4) is 0 Å². The molecule has 0 fully saturated rings. The fourth-order valence-corrected chi connectivity index (χ4v) is 1.84. The second-order valence-corrected chi connectivity index (χ2v) is 4.53. The molecule has 86 valence electrons. The van der Waals surface area contributed by atoms with Gasteiger partial charge in [-0.2, -0.15) is 8.42 Å². The normalized spacial score (nSPS) is 13.5. The monoisotopic (exact) mass is 282 g/mol. The molecule has 17 heavy (non-hydrogen) atoms. The second kappa shape index (κ2) is 8.65. The van der Waals surface area contributed by atoms with Gasteiger partial charge in [0.1, 0.15) is 4.75 Å². The van der Waals surface area contributed by atoms with Gasteiger partial charge < -0.3 is 19.8 Å². The molecule has 0 aliphatic heterocycles. The number of rotatable bonds is 6. The van der Waals surface area contributed by atoms with E-state index in [1.807, 2.05) is 0 Å². The molecule has 0 aromatic rings. The number of allylic oxidation sites excluding steroid dienone is 1. The predicted molar refractivity (Wildman–Crippen MR) is 43.7 cm³/mol. The summed E-state index contributed by atoms with van der Waals surface area (Å²) in [6.45, 7) is 3.07. The number of carboxylic acid groups (broad SMARTS) is 2. The number of carbonyl (C=O) groups excluding carboxylic acids is 2. The van der Waals surface area contributed by atoms with E-state index in [1.54, 1.807) is 0 Å². The van der Waals surface area contributed by atoms with Crippen molar-refractivity contribution in [2.75, 3.05) is 0 Å². The van der Waals surface area contributed by atoms with Crippen molar-refractivity contribution >= 4 is 22.1 Å². The van der Waals surface area contributed by atoms with Crippen LogP contribution in [0.4, 0.5) is 0 Å². The fourth-order valence-electron chi connectivity index (χ4n) is 0.996. The maximum atomic E-state index is 10.8. The van der Waals surface area contributed by atoms with Gasteiger partial charge in [-0.1, -0.05) is 6.08 Å². The molecule has 0 amide bonds. The van der Waals surface area contributed by atoms with Crippen LogP contribution in [0, 0.1) is 0 Å². The standard InChI is InChI=1S/C7H10O7S.2Na/c1-2-3-7(6(10)11,4-5(8)9)15(12,13)14;;/h2H,1,3-4H2,(H,8,9)(H,10,11)(H,12,13,14);;/q;2*+1/p-2. The summed E-state index contributed by atoms with van der Waals surface area (Å²) in [6.07, 6.45) is -1.34. The van der Waals surface area contributed by atoms with Gasteiger partial charge in [0.05, 0.1) is 5.97 Å². The maximum absolute atomic E-state index is 10.8. The van der Waals surface area contributed by atoms with Crippen molar-refractivity contribution in [2.45, 2.75) is 17.6 Å². The summed E-state index contributed by atoms with van der Waals surface area (Å²) in [7, 11) is -5.14. The molecule has 0 aromatic carbocycles. The molecular formula is C7H8Na2O7S. The van der Waals surface area contributed by atoms with Crippen LogP contribution in [-0.4, -0.2) is 29.7 Å². The molecule has 7 nitrogen and oxygen atoms in total. The smallest absolute Gasteiger partial charge is 0.550 e. The summed E-state index contributed by atoms with van der Waals surface area (Å²) >= 11 is 0. The van der Waals surface area contributed by atoms with Crippen LogP contribution in [-0.2, 0) is 19.7 Å². The molecule has 0 aliphatic rings. The van der Waals surface area contributed by atoms with Crippen molar-refractivity contribution in [2.24, 2.45) is 0 Å². The quantitative estimate of drug-likeness (QED) is 0.290. The van der Waals surface area contributed by atoms with Crippen molar-refractivity contribution in [3.8, 4) is 0 Å². The number of aliphatic carboxylic acids is 2. The molecule has 10 heteroatoms. The second-order valence-electron chi connectivity index (χ2n) is 2.80. The van der Waals surface area contributed by atoms with Crippen LogP contribution in [0.25, 0.3) is 0 Å². The van der Waals surface area contributed by atoms with E-state index in [1.165, 1.54) is 0 Å². The minimum absolute atomic E-state index is 0. The molecular weight excluding hydrogens is 274 g/mol. The largest absolute Gasteiger partial charge is 1.00 e. The van der Waals surface area contributed by atoms with E-state index in [2.05, 4.69) is 6.58 Å². The Labute approximate surface area is 143 Å². The number of carboxylic acids is 2. The van der Waals surface area contributed by atoms with Gasteiger partial charge in [-0.25, -0.2) is 0 Å². The van der Waals surface area contributed by atoms with Crippen molar-refractivity contribution in [3.05, 3.63) is 12.7 Å². The van der Waals surface area contributed by atoms with Gasteiger partial charge in [-0.05, 0) is 6.42 Å². The third-order valence-electron chi connectivity index (χ3n) is 1.77. The van der Waals surface area contributed by atoms with Gasteiger partial charge in [-0.3, -0.25) is 4.55 Å². The van der Waals surface area contributed by atoms with Crippen LogP contribution in [0.1, 0.15) is 12.8 Å². The number of hydrogen-bond acceptors (Lipinski definition) is 6. The first kappa shape index (κ1) is 22.7. The van der Waals surface area contributed by atoms with E-state index in [0.717, 1.165) is 6.08 Å². The molecule has 1 unspecified atom stereocenters. The van der Waals surface area contributed by atoms with Gasteiger partial charge in [0.2, 0.25) is 0 Å². The van der Waals surface area contributed by atoms with Gasteiger partial charge in [-0.15, -0.1) is 6.58 Å². The first-order chi connectivity index (χ1) is 6.67. The van der Waals surface area contributed by atoms with Crippen LogP contribution in [0.5, 0.6) is 0 Å². The topological polar surface area (TPSA) is 135 Å². The molecule has 0 bridgehead atoms. The molecule has 0 aliphatic carbocycles. The Hall–Kier alpha value is 0.590. The Kier molecular flexibility index (Phi) is 11.6. The summed E-state index contributed by atoms with van der Waals surface area (Å²) in [5, 5.41) is 20.8. The van der Waals surface area contributed by atoms with Crippen molar-refractivity contribution in [1.29, 1.82) is 0 Å². The van der Waals surface area contributed by atoms with Crippen molar-refractivity contribution in [1.82, 2.24) is 0 Å². The predicted octanol–water partition coefficient (Wildman–Crippen LogP) is -8.91. The first-order valence-electron chi connectivity index (χ1n) is 3.66. The van der Waals surface area contributed by atoms with E-state index in [4.69, 9.17) is 4.55 Å². The Morgan fingerprint density at radius 1 is 1.29 bits per heavy atom. The molecule has 0 aromatic heterocycles. The fraction of sp³-hybridized carbons (Fsp3) is 0.429. The number of carbonyl (C=O) groups is 2. The Morgan fingerprint density at radius 3 is 1.88 bits per heavy atom. The van der Waals surface area contributed by atoms with Crippen LogP contribution in [0.15, 0.2) is 12.7 Å². The molecule has 1 atom stereocenters. The Morgan fingerprint density at radius 2 is 1.71 bits per heavy atom. The summed E-state index contributed by atoms with van der Waals surface area (Å²) in [5.41, 5.74) is 0. The van der Waals surface area contributed by atoms with E-state index in [-0.39, 0.29) is 59.1 Å². The molecule has 0 radical (unpaired) electrons. The molecule has 0 saturated carbocycles. The van der Waals surface area contributed by atoms with Gasteiger partial charge in [0.15, 0.2) is 0 Å². The van der Waals surface area contributed by atoms with E-state index >= 15 is 0 Å². The summed E-state index contributed by atoms with van der Waals surface area (Å²) < 4.78 is 27.4. The van der Waals surface area contributed by atoms with Gasteiger partial charge in [0, 0.05) is 12.4 Å². The zero-order valence-corrected chi connectivity index (χ0v) is 14.3. The average Bonchev–Trinajstić information content (AvgIpc) is 1.99. The first-order valence-corrected chi connectivity index (χ1v) is 5.10. The minimum Gasteiger partial charge on any atom is -0.550 e. The maximum Gasteiger partial charge on any atom is 1.00 e. The van der Waals surface area contributed by atoms with Gasteiger partial charge in [0.25, 0.3) is 10.1 Å². The molecule has 0 spiro atoms. The molecule has 0 heterocycles. The molecule has 1 N–H and O–H groups in total. The molecule has 0 saturated heterocycles. The van der Waals surface area contributed by atoms with Crippen LogP contribution >= 0.6 is 0 Å². The van der Waals surface area contributed by atoms with Crippen molar-refractivity contribution in [3.63, 3.8) is 0 Å². The SMILES string of the molecule is C=CCC(CC(=O)[O-])(C(=O)[O-])S(=O)(=O)O.[Na+].[Na+]. The Balaban J connectivity index is -0.000000980. The summed E-state index contributed by atoms with van der Waals surface area (Å²) in [5.74, 6) is -4.15. The zero-order valence-electron chi connectivity index (χ0n) is 9.50. The average molecular weight is 282 g/mol. The summed E-state index contributed by atoms with van der Waals surface area (Å²) in [4.78, 5) is 20.8. The Bertz CT molecular complexity index is 391. The van der Waals surface area contributed by atoms with Crippen molar-refractivity contribution < 1.29 is 91.9 Å². The van der Waals surface area contributed by atoms with E-state index in [0.29, 0.717) is 0 Å². The van der Waals surface area contributed by atoms with Crippen LogP contribution in [0.2, 0.25) is 0 Å². The third-order valence-corrected chi connectivity index (χ3v) is 3.23. The number of hydrogen-bond donors (Lipinski definition) is 1. The van der Waals surface area contributed by atoms with Gasteiger partial charge >= 0.3 is 59.1 Å². The van der Waals surface area contributed by atoms with E-state index in [9.17, 15) is 28.2 Å². The summed E-state index contributed by atoms with van der Waals surface area (Å²) in [6, 6.07) is 0. The minimum atomic E-state index is -5.14. The zero-order chi connectivity index (χ0) is 12.3. The molecule has 0 rings (SSSR count). The van der Waals surface area contributed by atoms with E-state index < -0.39 is 39.6 Å². The van der Waals surface area contributed by atoms with Crippen LogP contribution < -0.4 is 69.3 Å². The third kappa shape index (κ3) is 5.84.